The quantitative estimate of drug-likeness (QED) is 0.788. The Morgan fingerprint density at radius 1 is 1.35 bits per heavy atom. The van der Waals surface area contributed by atoms with Crippen LogP contribution in [0.4, 0.5) is 0 Å². The molecule has 108 valence electrons. The Kier molecular flexibility index (Phi) is 4.24. The maximum atomic E-state index is 12.0. The van der Waals surface area contributed by atoms with E-state index in [1.54, 1.807) is 24.3 Å². The van der Waals surface area contributed by atoms with Gasteiger partial charge in [-0.2, -0.15) is 0 Å². The van der Waals surface area contributed by atoms with Crippen molar-refractivity contribution in [3.8, 4) is 5.75 Å². The number of phenolic OH excluding ortho intramolecular Hbond substituents is 1. The second-order valence-corrected chi connectivity index (χ2v) is 4.73. The molecule has 0 radical (unpaired) electrons. The number of carbonyl (C=O) groups excluding carboxylic acids is 2. The maximum absolute atomic E-state index is 12.0. The highest BCUT2D eigenvalue weighted by molar-refractivity contribution is 5.86. The number of benzene rings is 1. The van der Waals surface area contributed by atoms with Gasteiger partial charge in [-0.05, 0) is 30.5 Å². The third-order valence-corrected chi connectivity index (χ3v) is 3.60. The van der Waals surface area contributed by atoms with Gasteiger partial charge in [-0.25, -0.2) is 4.79 Å². The van der Waals surface area contributed by atoms with Crippen LogP contribution in [0, 0.1) is 0 Å². The van der Waals surface area contributed by atoms with Gasteiger partial charge in [-0.3, -0.25) is 4.79 Å². The first-order valence-electron chi connectivity index (χ1n) is 6.46. The first-order valence-corrected chi connectivity index (χ1v) is 6.46. The van der Waals surface area contributed by atoms with Crippen LogP contribution < -0.4 is 5.73 Å². The van der Waals surface area contributed by atoms with E-state index < -0.39 is 12.0 Å². The highest BCUT2D eigenvalue weighted by Crippen LogP contribution is 2.37. The van der Waals surface area contributed by atoms with Crippen molar-refractivity contribution in [3.05, 3.63) is 29.8 Å². The van der Waals surface area contributed by atoms with Crippen molar-refractivity contribution in [2.24, 2.45) is 5.73 Å². The number of rotatable bonds is 3. The third kappa shape index (κ3) is 2.60. The summed E-state index contributed by atoms with van der Waals surface area (Å²) in [6, 6.07) is 5.82. The molecule has 3 N–H and O–H groups in total. The molecule has 0 saturated carbocycles. The number of phenols is 1. The summed E-state index contributed by atoms with van der Waals surface area (Å²) >= 11 is 0. The molecule has 0 aromatic heterocycles. The van der Waals surface area contributed by atoms with Gasteiger partial charge in [0.15, 0.2) is 0 Å². The lowest BCUT2D eigenvalue weighted by Gasteiger charge is -2.29. The van der Waals surface area contributed by atoms with Crippen LogP contribution in [0.1, 0.15) is 24.4 Å². The smallest absolute Gasteiger partial charge is 0.328 e. The van der Waals surface area contributed by atoms with Gasteiger partial charge in [0.1, 0.15) is 11.8 Å². The minimum atomic E-state index is -0.588. The van der Waals surface area contributed by atoms with Crippen LogP contribution in [0.5, 0.6) is 5.75 Å². The van der Waals surface area contributed by atoms with E-state index in [4.69, 9.17) is 10.5 Å². The zero-order valence-corrected chi connectivity index (χ0v) is 11.3. The Hall–Kier alpha value is -2.08. The molecule has 0 spiro atoms. The highest BCUT2D eigenvalue weighted by Gasteiger charge is 2.41. The van der Waals surface area contributed by atoms with Gasteiger partial charge in [0, 0.05) is 0 Å². The maximum Gasteiger partial charge on any atom is 0.328 e. The van der Waals surface area contributed by atoms with E-state index in [-0.39, 0.29) is 24.2 Å². The lowest BCUT2D eigenvalue weighted by molar-refractivity contribution is -0.151. The van der Waals surface area contributed by atoms with Gasteiger partial charge in [0.2, 0.25) is 5.91 Å². The fraction of sp³-hybridized carbons (Fsp3) is 0.429. The number of aromatic hydroxyl groups is 1. The van der Waals surface area contributed by atoms with Crippen molar-refractivity contribution in [2.45, 2.75) is 24.9 Å². The lowest BCUT2D eigenvalue weighted by atomic mass is 10.0. The van der Waals surface area contributed by atoms with Crippen molar-refractivity contribution >= 4 is 11.9 Å². The molecule has 1 saturated heterocycles. The van der Waals surface area contributed by atoms with E-state index in [0.29, 0.717) is 12.8 Å². The molecule has 1 heterocycles. The highest BCUT2D eigenvalue weighted by atomic mass is 16.5. The Labute approximate surface area is 117 Å². The topological polar surface area (TPSA) is 92.9 Å². The minimum absolute atomic E-state index is 0.151. The van der Waals surface area contributed by atoms with E-state index in [0.717, 1.165) is 5.56 Å². The van der Waals surface area contributed by atoms with E-state index in [1.165, 1.54) is 12.0 Å². The number of methoxy groups -OCH3 is 1. The lowest BCUT2D eigenvalue weighted by Crippen LogP contribution is -2.45. The van der Waals surface area contributed by atoms with Crippen LogP contribution in [-0.2, 0) is 14.3 Å². The van der Waals surface area contributed by atoms with Crippen LogP contribution >= 0.6 is 0 Å². The molecule has 20 heavy (non-hydrogen) atoms. The van der Waals surface area contributed by atoms with E-state index in [9.17, 15) is 14.7 Å². The van der Waals surface area contributed by atoms with Crippen LogP contribution in [0.15, 0.2) is 24.3 Å². The molecule has 1 amide bonds. The first-order chi connectivity index (χ1) is 9.58. The molecule has 1 aromatic rings. The Bertz CT molecular complexity index is 500. The van der Waals surface area contributed by atoms with Crippen LogP contribution in [0.2, 0.25) is 0 Å². The largest absolute Gasteiger partial charge is 0.508 e. The van der Waals surface area contributed by atoms with Crippen molar-refractivity contribution < 1.29 is 19.4 Å². The standard InChI is InChI=1S/C14H18N2O4/c1-20-14(19)12-7-6-11(16(12)13(18)8-15)9-2-4-10(17)5-3-9/h2-5,11-12,17H,6-8,15H2,1H3/t11-,12+/m1/s1. The van der Waals surface area contributed by atoms with Gasteiger partial charge in [0.25, 0.3) is 0 Å². The predicted molar refractivity (Wildman–Crippen MR) is 71.8 cm³/mol. The predicted octanol–water partition coefficient (Wildman–Crippen LogP) is 0.556. The summed E-state index contributed by atoms with van der Waals surface area (Å²) < 4.78 is 4.75. The fourth-order valence-electron chi connectivity index (χ4n) is 2.66. The summed E-state index contributed by atoms with van der Waals surface area (Å²) in [5.74, 6) is -0.544. The van der Waals surface area contributed by atoms with Crippen LogP contribution in [-0.4, -0.2) is 41.6 Å². The molecular formula is C14H18N2O4. The molecule has 6 heteroatoms. The summed E-state index contributed by atoms with van der Waals surface area (Å²) in [5.41, 5.74) is 6.31. The van der Waals surface area contributed by atoms with Gasteiger partial charge in [-0.15, -0.1) is 0 Å². The average Bonchev–Trinajstić information content (AvgIpc) is 2.91. The molecule has 1 aromatic carbocycles. The molecule has 0 aliphatic carbocycles. The number of ether oxygens (including phenoxy) is 1. The van der Waals surface area contributed by atoms with Crippen LogP contribution in [0.25, 0.3) is 0 Å². The zero-order chi connectivity index (χ0) is 14.7. The van der Waals surface area contributed by atoms with Gasteiger partial charge >= 0.3 is 5.97 Å². The normalized spacial score (nSPS) is 21.8. The molecule has 6 nitrogen and oxygen atoms in total. The summed E-state index contributed by atoms with van der Waals surface area (Å²) in [7, 11) is 1.31. The molecule has 1 fully saturated rings. The third-order valence-electron chi connectivity index (χ3n) is 3.60. The molecular weight excluding hydrogens is 260 g/mol. The van der Waals surface area contributed by atoms with Gasteiger partial charge in [0.05, 0.1) is 19.7 Å². The molecule has 2 atom stereocenters. The van der Waals surface area contributed by atoms with E-state index in [1.807, 2.05) is 0 Å². The second-order valence-electron chi connectivity index (χ2n) is 4.73. The fourth-order valence-corrected chi connectivity index (χ4v) is 2.66. The van der Waals surface area contributed by atoms with Crippen molar-refractivity contribution in [1.29, 1.82) is 0 Å². The number of hydrogen-bond acceptors (Lipinski definition) is 5. The van der Waals surface area contributed by atoms with Crippen molar-refractivity contribution in [2.75, 3.05) is 13.7 Å². The molecule has 0 unspecified atom stereocenters. The van der Waals surface area contributed by atoms with E-state index >= 15 is 0 Å². The Morgan fingerprint density at radius 3 is 2.55 bits per heavy atom. The van der Waals surface area contributed by atoms with Gasteiger partial charge < -0.3 is 20.5 Å². The van der Waals surface area contributed by atoms with Crippen molar-refractivity contribution in [3.63, 3.8) is 0 Å². The molecule has 1 aliphatic rings. The molecule has 2 rings (SSSR count). The van der Waals surface area contributed by atoms with Gasteiger partial charge in [-0.1, -0.05) is 12.1 Å². The average molecular weight is 278 g/mol. The number of hydrogen-bond donors (Lipinski definition) is 2. The number of likely N-dealkylation sites (tertiary alicyclic amines) is 1. The molecule has 1 aliphatic heterocycles. The Balaban J connectivity index is 2.30. The summed E-state index contributed by atoms with van der Waals surface area (Å²) in [5, 5.41) is 9.32. The summed E-state index contributed by atoms with van der Waals surface area (Å²) in [6.45, 7) is -0.151. The number of esters is 1. The number of nitrogens with zero attached hydrogens (tertiary/aromatic N) is 1. The van der Waals surface area contributed by atoms with Crippen molar-refractivity contribution in [1.82, 2.24) is 4.90 Å². The number of carbonyl (C=O) groups is 2. The molecule has 0 bridgehead atoms. The number of nitrogens with two attached hydrogens (primary N) is 1. The minimum Gasteiger partial charge on any atom is -0.508 e. The second kappa shape index (κ2) is 5.92. The summed E-state index contributed by atoms with van der Waals surface area (Å²) in [4.78, 5) is 25.3. The Morgan fingerprint density at radius 2 is 2.00 bits per heavy atom. The van der Waals surface area contributed by atoms with E-state index in [2.05, 4.69) is 0 Å². The van der Waals surface area contributed by atoms with Crippen LogP contribution in [0.3, 0.4) is 0 Å². The number of amides is 1. The zero-order valence-electron chi connectivity index (χ0n) is 11.3. The first kappa shape index (κ1) is 14.3. The summed E-state index contributed by atoms with van der Waals surface area (Å²) in [6.07, 6.45) is 1.21. The SMILES string of the molecule is COC(=O)[C@@H]1CC[C@H](c2ccc(O)cc2)N1C(=O)CN. The monoisotopic (exact) mass is 278 g/mol.